The summed E-state index contributed by atoms with van der Waals surface area (Å²) >= 11 is 0. The number of cyclic esters (lactones) is 1. The van der Waals surface area contributed by atoms with Crippen molar-refractivity contribution in [2.75, 3.05) is 13.1 Å². The first kappa shape index (κ1) is 21.6. The first-order valence-electron chi connectivity index (χ1n) is 9.07. The number of carbonyl (C=O) groups is 2. The second-order valence-corrected chi connectivity index (χ2v) is 9.05. The van der Waals surface area contributed by atoms with Crippen molar-refractivity contribution in [2.45, 2.75) is 49.5 Å². The lowest BCUT2D eigenvalue weighted by Gasteiger charge is -2.30. The van der Waals surface area contributed by atoms with Gasteiger partial charge in [-0.3, -0.25) is 4.79 Å². The number of alkyl halides is 3. The molecule has 29 heavy (non-hydrogen) atoms. The molecule has 2 heterocycles. The lowest BCUT2D eigenvalue weighted by atomic mass is 9.98. The molecule has 0 N–H and O–H groups in total. The highest BCUT2D eigenvalue weighted by atomic mass is 32.2. The van der Waals surface area contributed by atoms with Crippen LogP contribution in [0, 0.1) is 5.92 Å². The molecule has 2 atom stereocenters. The van der Waals surface area contributed by atoms with Gasteiger partial charge in [0.05, 0.1) is 16.4 Å². The van der Waals surface area contributed by atoms with Crippen LogP contribution in [0.2, 0.25) is 0 Å². The predicted octanol–water partition coefficient (Wildman–Crippen LogP) is 2.35. The van der Waals surface area contributed by atoms with Crippen LogP contribution in [0.15, 0.2) is 29.2 Å². The van der Waals surface area contributed by atoms with Crippen LogP contribution >= 0.6 is 0 Å². The Morgan fingerprint density at radius 1 is 1.24 bits per heavy atom. The summed E-state index contributed by atoms with van der Waals surface area (Å²) < 4.78 is 75.1. The van der Waals surface area contributed by atoms with Crippen molar-refractivity contribution in [3.63, 3.8) is 0 Å². The first-order chi connectivity index (χ1) is 13.5. The van der Waals surface area contributed by atoms with Crippen LogP contribution in [0.3, 0.4) is 0 Å². The molecule has 1 aromatic carbocycles. The quantitative estimate of drug-likeness (QED) is 0.675. The van der Waals surface area contributed by atoms with E-state index in [1.54, 1.807) is 6.92 Å². The Kier molecular flexibility index (Phi) is 5.91. The molecule has 2 fully saturated rings. The normalized spacial score (nSPS) is 24.3. The number of hydrogen-bond donors (Lipinski definition) is 0. The number of piperidine rings is 1. The van der Waals surface area contributed by atoms with Gasteiger partial charge in [0.2, 0.25) is 16.1 Å². The van der Waals surface area contributed by atoms with Gasteiger partial charge in [-0.1, -0.05) is 6.07 Å². The molecule has 2 saturated heterocycles. The van der Waals surface area contributed by atoms with Gasteiger partial charge in [-0.15, -0.1) is 0 Å². The molecule has 0 spiro atoms. The average Bonchev–Trinajstić information content (AvgIpc) is 2.98. The molecule has 0 unspecified atom stereocenters. The number of hydrogen-bond acceptors (Lipinski definition) is 6. The third-order valence-corrected chi connectivity index (χ3v) is 6.87. The number of esters is 2. The van der Waals surface area contributed by atoms with E-state index >= 15 is 0 Å². The highest BCUT2D eigenvalue weighted by Crippen LogP contribution is 2.32. The fourth-order valence-corrected chi connectivity index (χ4v) is 4.88. The Morgan fingerprint density at radius 2 is 1.90 bits per heavy atom. The van der Waals surface area contributed by atoms with Gasteiger partial charge in [-0.2, -0.15) is 17.5 Å². The van der Waals surface area contributed by atoms with Gasteiger partial charge in [0, 0.05) is 19.5 Å². The maximum Gasteiger partial charge on any atom is 0.416 e. The van der Waals surface area contributed by atoms with Crippen LogP contribution in [0.5, 0.6) is 0 Å². The van der Waals surface area contributed by atoms with Crippen molar-refractivity contribution in [1.82, 2.24) is 4.31 Å². The Bertz CT molecular complexity index is 893. The number of ether oxygens (including phenoxy) is 2. The highest BCUT2D eigenvalue weighted by Gasteiger charge is 2.39. The Hall–Kier alpha value is -2.14. The van der Waals surface area contributed by atoms with E-state index in [4.69, 9.17) is 9.47 Å². The number of rotatable bonds is 4. The van der Waals surface area contributed by atoms with Crippen LogP contribution < -0.4 is 0 Å². The fraction of sp³-hybridized carbons (Fsp3) is 0.556. The van der Waals surface area contributed by atoms with Crippen molar-refractivity contribution in [2.24, 2.45) is 5.92 Å². The zero-order valence-electron chi connectivity index (χ0n) is 15.5. The van der Waals surface area contributed by atoms with Crippen molar-refractivity contribution in [3.8, 4) is 0 Å². The third-order valence-electron chi connectivity index (χ3n) is 4.97. The van der Waals surface area contributed by atoms with Crippen LogP contribution in [0.25, 0.3) is 0 Å². The zero-order valence-corrected chi connectivity index (χ0v) is 16.3. The van der Waals surface area contributed by atoms with Gasteiger partial charge in [-0.05, 0) is 38.0 Å². The third kappa shape index (κ3) is 4.72. The Balaban J connectivity index is 1.63. The molecule has 0 radical (unpaired) electrons. The van der Waals surface area contributed by atoms with E-state index in [9.17, 15) is 31.2 Å². The molecule has 7 nitrogen and oxygen atoms in total. The molecule has 160 valence electrons. The molecule has 0 aromatic heterocycles. The number of nitrogens with zero attached hydrogens (tertiary/aromatic N) is 1. The molecule has 0 saturated carbocycles. The molecular weight excluding hydrogens is 415 g/mol. The van der Waals surface area contributed by atoms with Crippen LogP contribution in [0.4, 0.5) is 13.2 Å². The molecule has 1 aromatic rings. The van der Waals surface area contributed by atoms with Crippen LogP contribution in [-0.4, -0.2) is 50.0 Å². The number of halogens is 3. The van der Waals surface area contributed by atoms with E-state index in [1.165, 1.54) is 0 Å². The maximum absolute atomic E-state index is 12.9. The van der Waals surface area contributed by atoms with E-state index in [2.05, 4.69) is 0 Å². The lowest BCUT2D eigenvalue weighted by molar-refractivity contribution is -0.164. The minimum atomic E-state index is -4.65. The van der Waals surface area contributed by atoms with Crippen LogP contribution in [-0.2, 0) is 35.3 Å². The van der Waals surface area contributed by atoms with E-state index in [0.29, 0.717) is 6.07 Å². The van der Waals surface area contributed by atoms with Crippen LogP contribution in [0.1, 0.15) is 31.7 Å². The predicted molar refractivity (Wildman–Crippen MR) is 93.0 cm³/mol. The summed E-state index contributed by atoms with van der Waals surface area (Å²) in [5.41, 5.74) is -1.05. The van der Waals surface area contributed by atoms with E-state index in [0.717, 1.165) is 22.5 Å². The average molecular weight is 435 g/mol. The maximum atomic E-state index is 12.9. The van der Waals surface area contributed by atoms with Gasteiger partial charge >= 0.3 is 18.1 Å². The van der Waals surface area contributed by atoms with Gasteiger partial charge in [-0.25, -0.2) is 13.2 Å². The SMILES string of the molecule is C[C@@H]1C[C@H](OC(=O)C2CCN(S(=O)(=O)c3cccc(C(F)(F)F)c3)CC2)C(=O)O1. The summed E-state index contributed by atoms with van der Waals surface area (Å²) in [5.74, 6) is -1.79. The number of benzene rings is 1. The van der Waals surface area contributed by atoms with Crippen molar-refractivity contribution in [1.29, 1.82) is 0 Å². The molecule has 3 rings (SSSR count). The standard InChI is InChI=1S/C18H20F3NO6S/c1-11-9-15(17(24)27-11)28-16(23)12-5-7-22(8-6-12)29(25,26)14-4-2-3-13(10-14)18(19,20)21/h2-4,10-12,15H,5-9H2,1H3/t11-,15+/m1/s1. The van der Waals surface area contributed by atoms with E-state index in [-0.39, 0.29) is 38.5 Å². The van der Waals surface area contributed by atoms with Gasteiger partial charge in [0.25, 0.3) is 0 Å². The Morgan fingerprint density at radius 3 is 2.45 bits per heavy atom. The van der Waals surface area contributed by atoms with E-state index < -0.39 is 50.6 Å². The highest BCUT2D eigenvalue weighted by molar-refractivity contribution is 7.89. The van der Waals surface area contributed by atoms with Crippen molar-refractivity contribution in [3.05, 3.63) is 29.8 Å². The smallest absolute Gasteiger partial charge is 0.416 e. The lowest BCUT2D eigenvalue weighted by Crippen LogP contribution is -2.41. The van der Waals surface area contributed by atoms with Crippen molar-refractivity contribution >= 4 is 22.0 Å². The summed E-state index contributed by atoms with van der Waals surface area (Å²) in [7, 11) is -4.13. The molecular formula is C18H20F3NO6S. The summed E-state index contributed by atoms with van der Waals surface area (Å²) in [5, 5.41) is 0. The largest absolute Gasteiger partial charge is 0.460 e. The number of sulfonamides is 1. The zero-order chi connectivity index (χ0) is 21.4. The molecule has 0 aliphatic carbocycles. The summed E-state index contributed by atoms with van der Waals surface area (Å²) in [4.78, 5) is 23.4. The second kappa shape index (κ2) is 7.94. The topological polar surface area (TPSA) is 90.0 Å². The summed E-state index contributed by atoms with van der Waals surface area (Å²) in [6, 6.07) is 3.55. The first-order valence-corrected chi connectivity index (χ1v) is 10.5. The van der Waals surface area contributed by atoms with Gasteiger partial charge in [0.1, 0.15) is 6.10 Å². The van der Waals surface area contributed by atoms with Gasteiger partial charge < -0.3 is 9.47 Å². The Labute approximate surface area is 165 Å². The molecule has 0 bridgehead atoms. The van der Waals surface area contributed by atoms with E-state index in [1.807, 2.05) is 0 Å². The summed E-state index contributed by atoms with van der Waals surface area (Å²) in [6.07, 6.45) is -5.37. The minimum absolute atomic E-state index is 0.0378. The monoisotopic (exact) mass is 435 g/mol. The van der Waals surface area contributed by atoms with Crippen molar-refractivity contribution < 1.29 is 40.7 Å². The number of carbonyl (C=O) groups excluding carboxylic acids is 2. The van der Waals surface area contributed by atoms with Gasteiger partial charge in [0.15, 0.2) is 0 Å². The molecule has 11 heteroatoms. The molecule has 2 aliphatic rings. The molecule has 0 amide bonds. The second-order valence-electron chi connectivity index (χ2n) is 7.11. The minimum Gasteiger partial charge on any atom is -0.460 e. The molecule has 2 aliphatic heterocycles. The fourth-order valence-electron chi connectivity index (χ4n) is 3.37. The summed E-state index contributed by atoms with van der Waals surface area (Å²) in [6.45, 7) is 1.61.